The lowest BCUT2D eigenvalue weighted by atomic mass is 10.2. The van der Waals surface area contributed by atoms with Crippen LogP contribution in [-0.4, -0.2) is 16.1 Å². The van der Waals surface area contributed by atoms with Gasteiger partial charge < -0.3 is 9.52 Å². The van der Waals surface area contributed by atoms with Crippen LogP contribution in [0, 0.1) is 0 Å². The summed E-state index contributed by atoms with van der Waals surface area (Å²) >= 11 is 5.67. The van der Waals surface area contributed by atoms with E-state index in [1.54, 1.807) is 0 Å². The SMILES string of the molecule is O=C(O)c1cc(Cl)cc2ocnc12. The van der Waals surface area contributed by atoms with E-state index < -0.39 is 5.97 Å². The van der Waals surface area contributed by atoms with Gasteiger partial charge in [-0.1, -0.05) is 11.6 Å². The largest absolute Gasteiger partial charge is 0.478 e. The van der Waals surface area contributed by atoms with Gasteiger partial charge in [0, 0.05) is 11.1 Å². The first-order chi connectivity index (χ1) is 6.18. The molecule has 0 spiro atoms. The highest BCUT2D eigenvalue weighted by Crippen LogP contribution is 2.22. The summed E-state index contributed by atoms with van der Waals surface area (Å²) in [6.07, 6.45) is 1.19. The van der Waals surface area contributed by atoms with Crippen molar-refractivity contribution >= 4 is 28.7 Å². The van der Waals surface area contributed by atoms with E-state index in [4.69, 9.17) is 21.1 Å². The quantitative estimate of drug-likeness (QED) is 0.761. The molecule has 0 unspecified atom stereocenters. The van der Waals surface area contributed by atoms with Crippen LogP contribution in [0.5, 0.6) is 0 Å². The van der Waals surface area contributed by atoms with Gasteiger partial charge in [-0.15, -0.1) is 0 Å². The predicted molar refractivity (Wildman–Crippen MR) is 46.0 cm³/mol. The van der Waals surface area contributed by atoms with E-state index in [-0.39, 0.29) is 5.56 Å². The van der Waals surface area contributed by atoms with Crippen LogP contribution in [0.2, 0.25) is 5.02 Å². The van der Waals surface area contributed by atoms with Crippen molar-refractivity contribution in [3.63, 3.8) is 0 Å². The lowest BCUT2D eigenvalue weighted by Crippen LogP contribution is -1.97. The summed E-state index contributed by atoms with van der Waals surface area (Å²) in [6, 6.07) is 2.87. The van der Waals surface area contributed by atoms with Crippen LogP contribution in [0.1, 0.15) is 10.4 Å². The second-order valence-corrected chi connectivity index (χ2v) is 2.89. The molecule has 0 atom stereocenters. The third-order valence-corrected chi connectivity index (χ3v) is 1.85. The maximum atomic E-state index is 10.7. The Morgan fingerprint density at radius 3 is 3.00 bits per heavy atom. The fourth-order valence-electron chi connectivity index (χ4n) is 1.10. The van der Waals surface area contributed by atoms with Crippen molar-refractivity contribution in [3.05, 3.63) is 29.1 Å². The van der Waals surface area contributed by atoms with Gasteiger partial charge in [-0.25, -0.2) is 9.78 Å². The van der Waals surface area contributed by atoms with Crippen molar-refractivity contribution in [1.82, 2.24) is 4.98 Å². The minimum absolute atomic E-state index is 0.0521. The second-order valence-electron chi connectivity index (χ2n) is 2.46. The van der Waals surface area contributed by atoms with Crippen LogP contribution in [0.15, 0.2) is 22.9 Å². The Kier molecular flexibility index (Phi) is 1.70. The van der Waals surface area contributed by atoms with Gasteiger partial charge in [0.05, 0.1) is 5.56 Å². The normalized spacial score (nSPS) is 10.5. The van der Waals surface area contributed by atoms with E-state index in [1.165, 1.54) is 18.5 Å². The van der Waals surface area contributed by atoms with Crippen LogP contribution in [0.25, 0.3) is 11.1 Å². The molecule has 0 saturated carbocycles. The molecule has 0 amide bonds. The fourth-order valence-corrected chi connectivity index (χ4v) is 1.30. The molecular weight excluding hydrogens is 194 g/mol. The number of aromatic carboxylic acids is 1. The Labute approximate surface area is 77.8 Å². The van der Waals surface area contributed by atoms with Gasteiger partial charge in [-0.3, -0.25) is 0 Å². The minimum Gasteiger partial charge on any atom is -0.478 e. The highest BCUT2D eigenvalue weighted by atomic mass is 35.5. The molecule has 13 heavy (non-hydrogen) atoms. The van der Waals surface area contributed by atoms with Crippen LogP contribution in [0.3, 0.4) is 0 Å². The first-order valence-corrected chi connectivity index (χ1v) is 3.82. The van der Waals surface area contributed by atoms with Gasteiger partial charge in [0.1, 0.15) is 5.52 Å². The molecule has 0 aliphatic heterocycles. The van der Waals surface area contributed by atoms with Crippen LogP contribution in [-0.2, 0) is 0 Å². The summed E-state index contributed by atoms with van der Waals surface area (Å²) in [5.74, 6) is -1.07. The summed E-state index contributed by atoms with van der Waals surface area (Å²) in [6.45, 7) is 0. The molecule has 2 rings (SSSR count). The molecule has 1 aromatic carbocycles. The molecule has 0 aliphatic rings. The van der Waals surface area contributed by atoms with Gasteiger partial charge >= 0.3 is 5.97 Å². The number of fused-ring (bicyclic) bond motifs is 1. The van der Waals surface area contributed by atoms with Gasteiger partial charge in [0.2, 0.25) is 0 Å². The summed E-state index contributed by atoms with van der Waals surface area (Å²) in [4.78, 5) is 14.5. The molecule has 66 valence electrons. The summed E-state index contributed by atoms with van der Waals surface area (Å²) in [7, 11) is 0. The van der Waals surface area contributed by atoms with Crippen molar-refractivity contribution in [1.29, 1.82) is 0 Å². The highest BCUT2D eigenvalue weighted by molar-refractivity contribution is 6.31. The molecule has 4 nitrogen and oxygen atoms in total. The molecule has 0 fully saturated rings. The van der Waals surface area contributed by atoms with E-state index >= 15 is 0 Å². The lowest BCUT2D eigenvalue weighted by Gasteiger charge is -1.95. The second kappa shape index (κ2) is 2.74. The standard InChI is InChI=1S/C8H4ClNO3/c9-4-1-5(8(11)12)7-6(2-4)13-3-10-7/h1-3H,(H,11,12). The lowest BCUT2D eigenvalue weighted by molar-refractivity contribution is 0.0699. The van der Waals surface area contributed by atoms with Gasteiger partial charge in [-0.05, 0) is 6.07 Å². The Morgan fingerprint density at radius 1 is 1.54 bits per heavy atom. The molecule has 2 aromatic rings. The van der Waals surface area contributed by atoms with E-state index in [0.29, 0.717) is 16.1 Å². The van der Waals surface area contributed by atoms with Crippen molar-refractivity contribution < 1.29 is 14.3 Å². The third-order valence-electron chi connectivity index (χ3n) is 1.63. The smallest absolute Gasteiger partial charge is 0.338 e. The Morgan fingerprint density at radius 2 is 2.31 bits per heavy atom. The van der Waals surface area contributed by atoms with Crippen molar-refractivity contribution in [3.8, 4) is 0 Å². The van der Waals surface area contributed by atoms with E-state index in [2.05, 4.69) is 4.98 Å². The maximum absolute atomic E-state index is 10.7. The first kappa shape index (κ1) is 8.07. The van der Waals surface area contributed by atoms with Gasteiger partial charge in [-0.2, -0.15) is 0 Å². The molecule has 0 saturated heterocycles. The Bertz CT molecular complexity index is 477. The number of nitrogens with zero attached hydrogens (tertiary/aromatic N) is 1. The number of hydrogen-bond donors (Lipinski definition) is 1. The number of aromatic nitrogens is 1. The van der Waals surface area contributed by atoms with Crippen LogP contribution < -0.4 is 0 Å². The van der Waals surface area contributed by atoms with Crippen molar-refractivity contribution in [2.75, 3.05) is 0 Å². The zero-order chi connectivity index (χ0) is 9.42. The molecule has 0 aliphatic carbocycles. The first-order valence-electron chi connectivity index (χ1n) is 3.44. The van der Waals surface area contributed by atoms with Crippen molar-refractivity contribution in [2.45, 2.75) is 0 Å². The summed E-state index contributed by atoms with van der Waals surface area (Å²) < 4.78 is 4.93. The zero-order valence-electron chi connectivity index (χ0n) is 6.32. The topological polar surface area (TPSA) is 63.3 Å². The van der Waals surface area contributed by atoms with Gasteiger partial charge in [0.25, 0.3) is 0 Å². The number of hydrogen-bond acceptors (Lipinski definition) is 3. The number of rotatable bonds is 1. The molecule has 1 N–H and O–H groups in total. The van der Waals surface area contributed by atoms with Crippen LogP contribution in [0.4, 0.5) is 0 Å². The average Bonchev–Trinajstić information content (AvgIpc) is 2.49. The number of benzene rings is 1. The van der Waals surface area contributed by atoms with Gasteiger partial charge in [0.15, 0.2) is 12.0 Å². The molecule has 1 heterocycles. The molecule has 5 heteroatoms. The summed E-state index contributed by atoms with van der Waals surface area (Å²) in [5, 5.41) is 9.11. The van der Waals surface area contributed by atoms with Crippen LogP contribution >= 0.6 is 11.6 Å². The molecule has 0 bridgehead atoms. The fraction of sp³-hybridized carbons (Fsp3) is 0. The summed E-state index contributed by atoms with van der Waals surface area (Å²) in [5.41, 5.74) is 0.748. The van der Waals surface area contributed by atoms with E-state index in [9.17, 15) is 4.79 Å². The molecule has 1 aromatic heterocycles. The zero-order valence-corrected chi connectivity index (χ0v) is 7.08. The molecular formula is C8H4ClNO3. The van der Waals surface area contributed by atoms with E-state index in [0.717, 1.165) is 0 Å². The predicted octanol–water partition coefficient (Wildman–Crippen LogP) is 2.18. The minimum atomic E-state index is -1.07. The third kappa shape index (κ3) is 1.25. The van der Waals surface area contributed by atoms with Crippen molar-refractivity contribution in [2.24, 2.45) is 0 Å². The van der Waals surface area contributed by atoms with E-state index in [1.807, 2.05) is 0 Å². The number of halogens is 1. The monoisotopic (exact) mass is 197 g/mol. The Hall–Kier alpha value is -1.55. The highest BCUT2D eigenvalue weighted by Gasteiger charge is 2.12. The molecule has 0 radical (unpaired) electrons. The number of carboxylic acid groups (broad SMARTS) is 1. The number of carboxylic acids is 1. The average molecular weight is 198 g/mol. The Balaban J connectivity index is 2.84. The number of carbonyl (C=O) groups is 1. The number of oxazole rings is 1. The maximum Gasteiger partial charge on any atom is 0.338 e.